The Bertz CT molecular complexity index is 523. The van der Waals surface area contributed by atoms with Crippen molar-refractivity contribution >= 4 is 11.9 Å². The molecule has 0 radical (unpaired) electrons. The summed E-state index contributed by atoms with van der Waals surface area (Å²) in [5.74, 6) is 1.33. The first-order valence-electron chi connectivity index (χ1n) is 5.25. The van der Waals surface area contributed by atoms with Gasteiger partial charge in [0.15, 0.2) is 5.82 Å². The van der Waals surface area contributed by atoms with Crippen molar-refractivity contribution in [3.05, 3.63) is 48.0 Å². The minimum Gasteiger partial charge on any atom is -0.494 e. The third kappa shape index (κ3) is 2.87. The number of aryl methyl sites for hydroxylation is 1. The van der Waals surface area contributed by atoms with Crippen molar-refractivity contribution in [2.75, 3.05) is 7.11 Å². The lowest BCUT2D eigenvalue weighted by atomic mass is 10.2. The van der Waals surface area contributed by atoms with E-state index in [0.717, 1.165) is 17.0 Å². The van der Waals surface area contributed by atoms with Crippen molar-refractivity contribution in [1.29, 1.82) is 0 Å². The number of aromatic nitrogens is 2. The quantitative estimate of drug-likeness (QED) is 0.757. The van der Waals surface area contributed by atoms with Crippen molar-refractivity contribution in [2.24, 2.45) is 4.99 Å². The first-order chi connectivity index (χ1) is 8.29. The van der Waals surface area contributed by atoms with E-state index in [1.165, 1.54) is 0 Å². The molecule has 0 N–H and O–H groups in total. The molecule has 2 rings (SSSR count). The molecule has 0 aliphatic heterocycles. The highest BCUT2D eigenvalue weighted by molar-refractivity contribution is 5.78. The van der Waals surface area contributed by atoms with Gasteiger partial charge in [0.2, 0.25) is 0 Å². The predicted octanol–water partition coefficient (Wildman–Crippen LogP) is 2.54. The monoisotopic (exact) mass is 227 g/mol. The molecular formula is C13H13N3O. The first-order valence-corrected chi connectivity index (χ1v) is 5.25. The normalized spacial score (nSPS) is 10.7. The molecule has 0 aliphatic rings. The Morgan fingerprint density at radius 3 is 2.71 bits per heavy atom. The summed E-state index contributed by atoms with van der Waals surface area (Å²) in [5, 5.41) is 0. The fourth-order valence-corrected chi connectivity index (χ4v) is 1.40. The molecule has 17 heavy (non-hydrogen) atoms. The zero-order valence-corrected chi connectivity index (χ0v) is 9.79. The van der Waals surface area contributed by atoms with Crippen molar-refractivity contribution in [3.8, 4) is 5.75 Å². The maximum absolute atomic E-state index is 5.26. The van der Waals surface area contributed by atoms with Crippen molar-refractivity contribution in [2.45, 2.75) is 6.92 Å². The Morgan fingerprint density at radius 2 is 2.00 bits per heavy atom. The van der Waals surface area contributed by atoms with Crippen LogP contribution < -0.4 is 4.74 Å². The van der Waals surface area contributed by atoms with Gasteiger partial charge in [-0.3, -0.25) is 0 Å². The first kappa shape index (κ1) is 11.3. The lowest BCUT2D eigenvalue weighted by Gasteiger charge is -2.04. The second-order valence-electron chi connectivity index (χ2n) is 3.54. The van der Waals surface area contributed by atoms with Gasteiger partial charge in [-0.05, 0) is 30.7 Å². The molecule has 0 unspecified atom stereocenters. The fourth-order valence-electron chi connectivity index (χ4n) is 1.40. The van der Waals surface area contributed by atoms with E-state index in [1.807, 2.05) is 25.1 Å². The summed E-state index contributed by atoms with van der Waals surface area (Å²) in [6, 6.07) is 7.61. The van der Waals surface area contributed by atoms with Crippen LogP contribution >= 0.6 is 0 Å². The van der Waals surface area contributed by atoms with Gasteiger partial charge >= 0.3 is 0 Å². The summed E-state index contributed by atoms with van der Waals surface area (Å²) in [6.07, 6.45) is 4.98. The van der Waals surface area contributed by atoms with E-state index in [-0.39, 0.29) is 0 Å². The van der Waals surface area contributed by atoms with E-state index in [2.05, 4.69) is 15.0 Å². The van der Waals surface area contributed by atoms with Gasteiger partial charge in [0.25, 0.3) is 0 Å². The summed E-state index contributed by atoms with van der Waals surface area (Å²) in [4.78, 5) is 12.4. The van der Waals surface area contributed by atoms with E-state index in [1.54, 1.807) is 31.8 Å². The van der Waals surface area contributed by atoms with E-state index >= 15 is 0 Å². The Kier molecular flexibility index (Phi) is 3.45. The maximum Gasteiger partial charge on any atom is 0.170 e. The summed E-state index contributed by atoms with van der Waals surface area (Å²) >= 11 is 0. The van der Waals surface area contributed by atoms with E-state index in [9.17, 15) is 0 Å². The van der Waals surface area contributed by atoms with Gasteiger partial charge in [0, 0.05) is 12.4 Å². The minimum absolute atomic E-state index is 0.579. The van der Waals surface area contributed by atoms with E-state index < -0.39 is 0 Å². The molecule has 86 valence electrons. The van der Waals surface area contributed by atoms with Gasteiger partial charge < -0.3 is 4.74 Å². The molecule has 0 atom stereocenters. The second-order valence-corrected chi connectivity index (χ2v) is 3.54. The number of hydrogen-bond donors (Lipinski definition) is 0. The van der Waals surface area contributed by atoms with Gasteiger partial charge in [0.05, 0.1) is 13.3 Å². The number of aliphatic imine (C=N–C) groups is 1. The smallest absolute Gasteiger partial charge is 0.170 e. The molecule has 1 aromatic carbocycles. The lowest BCUT2D eigenvalue weighted by Crippen LogP contribution is -1.90. The zero-order chi connectivity index (χ0) is 12.1. The van der Waals surface area contributed by atoms with Crippen LogP contribution in [-0.4, -0.2) is 23.3 Å². The fraction of sp³-hybridized carbons (Fsp3) is 0.154. The molecule has 0 aliphatic carbocycles. The summed E-state index contributed by atoms with van der Waals surface area (Å²) in [5.41, 5.74) is 1.90. The molecule has 0 fully saturated rings. The van der Waals surface area contributed by atoms with Gasteiger partial charge in [-0.2, -0.15) is 0 Å². The topological polar surface area (TPSA) is 47.4 Å². The summed E-state index contributed by atoms with van der Waals surface area (Å²) in [7, 11) is 1.63. The summed E-state index contributed by atoms with van der Waals surface area (Å²) in [6.45, 7) is 2.01. The Morgan fingerprint density at radius 1 is 1.24 bits per heavy atom. The molecule has 1 aromatic heterocycles. The van der Waals surface area contributed by atoms with Crippen LogP contribution in [0.15, 0.2) is 41.7 Å². The van der Waals surface area contributed by atoms with Crippen LogP contribution in [0.2, 0.25) is 0 Å². The molecule has 4 nitrogen and oxygen atoms in total. The van der Waals surface area contributed by atoms with Crippen LogP contribution in [0.5, 0.6) is 5.75 Å². The van der Waals surface area contributed by atoms with Crippen molar-refractivity contribution in [1.82, 2.24) is 9.97 Å². The van der Waals surface area contributed by atoms with Gasteiger partial charge in [-0.15, -0.1) is 0 Å². The van der Waals surface area contributed by atoms with Gasteiger partial charge in [-0.25, -0.2) is 15.0 Å². The SMILES string of the molecule is COc1cc(C)ccc1N=Cc1ncccn1. The van der Waals surface area contributed by atoms with Crippen LogP contribution in [0.4, 0.5) is 5.69 Å². The third-order valence-corrected chi connectivity index (χ3v) is 2.24. The number of benzene rings is 1. The molecule has 0 spiro atoms. The van der Waals surface area contributed by atoms with E-state index in [0.29, 0.717) is 5.82 Å². The molecule has 0 saturated heterocycles. The van der Waals surface area contributed by atoms with Crippen LogP contribution in [0.3, 0.4) is 0 Å². The number of hydrogen-bond acceptors (Lipinski definition) is 4. The Balaban J connectivity index is 2.27. The van der Waals surface area contributed by atoms with Crippen LogP contribution in [0.25, 0.3) is 0 Å². The largest absolute Gasteiger partial charge is 0.494 e. The highest BCUT2D eigenvalue weighted by Gasteiger charge is 2.00. The molecule has 2 aromatic rings. The number of ether oxygens (including phenoxy) is 1. The third-order valence-electron chi connectivity index (χ3n) is 2.24. The molecular weight excluding hydrogens is 214 g/mol. The molecule has 0 amide bonds. The maximum atomic E-state index is 5.26. The average Bonchev–Trinajstić information content (AvgIpc) is 2.38. The Labute approximate surface area is 100 Å². The van der Waals surface area contributed by atoms with Crippen LogP contribution in [0, 0.1) is 6.92 Å². The predicted molar refractivity (Wildman–Crippen MR) is 67.0 cm³/mol. The number of methoxy groups -OCH3 is 1. The second kappa shape index (κ2) is 5.21. The molecule has 0 saturated carbocycles. The standard InChI is InChI=1S/C13H13N3O/c1-10-4-5-11(12(8-10)17-2)16-9-13-14-6-3-7-15-13/h3-9H,1-2H3. The molecule has 4 heteroatoms. The highest BCUT2D eigenvalue weighted by atomic mass is 16.5. The highest BCUT2D eigenvalue weighted by Crippen LogP contribution is 2.27. The number of nitrogens with zero attached hydrogens (tertiary/aromatic N) is 3. The van der Waals surface area contributed by atoms with Crippen LogP contribution in [0.1, 0.15) is 11.4 Å². The van der Waals surface area contributed by atoms with E-state index in [4.69, 9.17) is 4.74 Å². The van der Waals surface area contributed by atoms with Gasteiger partial charge in [0.1, 0.15) is 11.4 Å². The lowest BCUT2D eigenvalue weighted by molar-refractivity contribution is 0.416. The average molecular weight is 227 g/mol. The number of rotatable bonds is 3. The van der Waals surface area contributed by atoms with Crippen molar-refractivity contribution < 1.29 is 4.74 Å². The minimum atomic E-state index is 0.579. The zero-order valence-electron chi connectivity index (χ0n) is 9.79. The van der Waals surface area contributed by atoms with Crippen LogP contribution in [-0.2, 0) is 0 Å². The molecule has 0 bridgehead atoms. The van der Waals surface area contributed by atoms with Crippen molar-refractivity contribution in [3.63, 3.8) is 0 Å². The summed E-state index contributed by atoms with van der Waals surface area (Å²) < 4.78 is 5.26. The molecule has 1 heterocycles. The van der Waals surface area contributed by atoms with Gasteiger partial charge in [-0.1, -0.05) is 6.07 Å². The Hall–Kier alpha value is -2.23.